The predicted octanol–water partition coefficient (Wildman–Crippen LogP) is 2.94. The first-order valence-corrected chi connectivity index (χ1v) is 14.2. The van der Waals surface area contributed by atoms with Gasteiger partial charge in [0.15, 0.2) is 29.8 Å². The maximum Gasteiger partial charge on any atom is 0.231 e. The van der Waals surface area contributed by atoms with Crippen molar-refractivity contribution < 1.29 is 33.2 Å². The molecule has 224 valence electrons. The summed E-state index contributed by atoms with van der Waals surface area (Å²) < 4.78 is 35.5. The molecule has 5 atom stereocenters. The lowest BCUT2D eigenvalue weighted by atomic mass is 9.71. The smallest absolute Gasteiger partial charge is 0.231 e. The van der Waals surface area contributed by atoms with E-state index < -0.39 is 6.04 Å². The fourth-order valence-electron chi connectivity index (χ4n) is 7.78. The number of benzene rings is 2. The number of aryl methyl sites for hydroxylation is 1. The molecule has 11 heteroatoms. The van der Waals surface area contributed by atoms with Crippen LogP contribution in [0.5, 0.6) is 28.7 Å². The number of likely N-dealkylation sites (N-methyl/N-ethyl adjacent to an activating group) is 1. The lowest BCUT2D eigenvalue weighted by Crippen LogP contribution is -2.68. The number of piperazine rings is 1. The minimum atomic E-state index is -0.452. The van der Waals surface area contributed by atoms with Gasteiger partial charge in [0.05, 0.1) is 32.4 Å². The summed E-state index contributed by atoms with van der Waals surface area (Å²) in [5.41, 5.74) is 5.95. The standard InChI is InChI=1S/C31H38N4O7/c1-15-8-18-9-20-22(11-32)35-21(26(34(20)4)24(18)30(27(15)38-6)40-13-37-5)10-19-25(23(35)12-33-17(3)36)31-29(41-14-42-31)16(2)28(19)39-7/h8,20-23,26H,9-10,12-14H2,1-7H3,(H,33,36)/t20-,21?,22-,23-,26?/m0/s1. The summed E-state index contributed by atoms with van der Waals surface area (Å²) in [6.45, 7) is 5.98. The second-order valence-corrected chi connectivity index (χ2v) is 11.4. The Hall–Kier alpha value is -3.72. The van der Waals surface area contributed by atoms with Gasteiger partial charge in [-0.25, -0.2) is 0 Å². The molecule has 4 aliphatic rings. The third-order valence-corrected chi connectivity index (χ3v) is 9.32. The molecule has 4 heterocycles. The minimum Gasteiger partial charge on any atom is -0.496 e. The van der Waals surface area contributed by atoms with Gasteiger partial charge in [0, 0.05) is 54.9 Å². The molecule has 0 aliphatic carbocycles. The SMILES string of the molecule is COCOc1c(OC)c(C)cc2c1C1C3Cc4c(OC)c(C)c5c(c4[C@H](CNC(C)=O)N3[C@@H](C#N)[C@H](C2)N1C)OCO5. The molecule has 1 amide bonds. The van der Waals surface area contributed by atoms with Crippen LogP contribution in [-0.2, 0) is 22.4 Å². The van der Waals surface area contributed by atoms with E-state index in [1.807, 2.05) is 13.8 Å². The molecule has 42 heavy (non-hydrogen) atoms. The third-order valence-electron chi connectivity index (χ3n) is 9.32. The van der Waals surface area contributed by atoms with E-state index in [4.69, 9.17) is 28.4 Å². The number of nitrogens with zero attached hydrogens (tertiary/aromatic N) is 3. The second kappa shape index (κ2) is 10.8. The molecule has 2 aromatic carbocycles. The minimum absolute atomic E-state index is 0.0752. The monoisotopic (exact) mass is 578 g/mol. The molecule has 2 aromatic rings. The zero-order valence-electron chi connectivity index (χ0n) is 25.2. The van der Waals surface area contributed by atoms with Crippen molar-refractivity contribution in [2.75, 3.05) is 48.5 Å². The Labute approximate surface area is 246 Å². The van der Waals surface area contributed by atoms with Crippen molar-refractivity contribution in [3.05, 3.63) is 39.4 Å². The molecule has 2 unspecified atom stereocenters. The number of rotatable bonds is 7. The number of methoxy groups -OCH3 is 3. The summed E-state index contributed by atoms with van der Waals surface area (Å²) in [6, 6.07) is 3.62. The number of carbonyl (C=O) groups excluding carboxylic acids is 1. The van der Waals surface area contributed by atoms with Gasteiger partial charge in [0.2, 0.25) is 12.7 Å². The Balaban J connectivity index is 1.61. The van der Waals surface area contributed by atoms with E-state index in [-0.39, 0.29) is 43.7 Å². The van der Waals surface area contributed by atoms with Crippen LogP contribution in [0.1, 0.15) is 52.4 Å². The average molecular weight is 579 g/mol. The van der Waals surface area contributed by atoms with E-state index >= 15 is 0 Å². The molecule has 11 nitrogen and oxygen atoms in total. The van der Waals surface area contributed by atoms with Crippen LogP contribution < -0.4 is 29.0 Å². The maximum atomic E-state index is 12.3. The fourth-order valence-corrected chi connectivity index (χ4v) is 7.78. The van der Waals surface area contributed by atoms with Crippen LogP contribution in [0.3, 0.4) is 0 Å². The molecule has 0 aromatic heterocycles. The molecule has 4 aliphatic heterocycles. The van der Waals surface area contributed by atoms with E-state index in [0.29, 0.717) is 42.4 Å². The topological polar surface area (TPSA) is 115 Å². The quantitative estimate of drug-likeness (QED) is 0.492. The lowest BCUT2D eigenvalue weighted by molar-refractivity contribution is -0.120. The Kier molecular flexibility index (Phi) is 7.33. The van der Waals surface area contributed by atoms with Crippen LogP contribution in [0.25, 0.3) is 0 Å². The first kappa shape index (κ1) is 28.4. The zero-order valence-corrected chi connectivity index (χ0v) is 25.2. The van der Waals surface area contributed by atoms with Gasteiger partial charge in [-0.15, -0.1) is 0 Å². The van der Waals surface area contributed by atoms with Crippen molar-refractivity contribution in [1.29, 1.82) is 5.26 Å². The van der Waals surface area contributed by atoms with Crippen molar-refractivity contribution >= 4 is 5.91 Å². The first-order chi connectivity index (χ1) is 20.3. The number of hydrogen-bond donors (Lipinski definition) is 1. The molecule has 1 saturated heterocycles. The van der Waals surface area contributed by atoms with Gasteiger partial charge < -0.3 is 33.7 Å². The molecular formula is C31H38N4O7. The summed E-state index contributed by atoms with van der Waals surface area (Å²) in [5, 5.41) is 13.8. The molecule has 6 rings (SSSR count). The molecule has 0 radical (unpaired) electrons. The highest BCUT2D eigenvalue weighted by Gasteiger charge is 2.56. The van der Waals surface area contributed by atoms with E-state index in [1.54, 1.807) is 21.3 Å². The first-order valence-electron chi connectivity index (χ1n) is 14.2. The number of hydrogen-bond acceptors (Lipinski definition) is 10. The second-order valence-electron chi connectivity index (χ2n) is 11.4. The summed E-state index contributed by atoms with van der Waals surface area (Å²) in [6.07, 6.45) is 1.25. The van der Waals surface area contributed by atoms with Gasteiger partial charge in [0.25, 0.3) is 0 Å². The molecule has 1 N–H and O–H groups in total. The molecule has 0 saturated carbocycles. The number of fused-ring (bicyclic) bond motifs is 9. The van der Waals surface area contributed by atoms with Crippen molar-refractivity contribution in [2.24, 2.45) is 0 Å². The number of ether oxygens (including phenoxy) is 6. The van der Waals surface area contributed by atoms with Crippen LogP contribution in [0.15, 0.2) is 6.07 Å². The van der Waals surface area contributed by atoms with Crippen LogP contribution in [0.2, 0.25) is 0 Å². The highest BCUT2D eigenvalue weighted by atomic mass is 16.7. The van der Waals surface area contributed by atoms with Crippen molar-refractivity contribution in [3.63, 3.8) is 0 Å². The molecular weight excluding hydrogens is 540 g/mol. The largest absolute Gasteiger partial charge is 0.496 e. The Morgan fingerprint density at radius 2 is 1.81 bits per heavy atom. The Bertz CT molecular complexity index is 1470. The van der Waals surface area contributed by atoms with E-state index in [1.165, 1.54) is 6.92 Å². The number of amides is 1. The van der Waals surface area contributed by atoms with Gasteiger partial charge in [0.1, 0.15) is 11.8 Å². The van der Waals surface area contributed by atoms with Crippen LogP contribution >= 0.6 is 0 Å². The van der Waals surface area contributed by atoms with Crippen molar-refractivity contribution in [3.8, 4) is 34.8 Å². The summed E-state index contributed by atoms with van der Waals surface area (Å²) in [4.78, 5) is 16.9. The van der Waals surface area contributed by atoms with Crippen molar-refractivity contribution in [2.45, 2.75) is 63.8 Å². The lowest BCUT2D eigenvalue weighted by Gasteiger charge is -2.60. The van der Waals surface area contributed by atoms with Crippen molar-refractivity contribution in [1.82, 2.24) is 15.1 Å². The Morgan fingerprint density at radius 3 is 2.48 bits per heavy atom. The number of carbonyl (C=O) groups is 1. The molecule has 1 fully saturated rings. The third kappa shape index (κ3) is 4.07. The average Bonchev–Trinajstić information content (AvgIpc) is 3.45. The molecule has 0 spiro atoms. The van der Waals surface area contributed by atoms with Gasteiger partial charge in [-0.3, -0.25) is 14.6 Å². The maximum absolute atomic E-state index is 12.3. The predicted molar refractivity (Wildman–Crippen MR) is 152 cm³/mol. The van der Waals surface area contributed by atoms with Crippen LogP contribution in [-0.4, -0.2) is 82.3 Å². The number of nitriles is 1. The van der Waals surface area contributed by atoms with Crippen LogP contribution in [0.4, 0.5) is 0 Å². The summed E-state index contributed by atoms with van der Waals surface area (Å²) in [7, 11) is 7.01. The van der Waals surface area contributed by atoms with Gasteiger partial charge >= 0.3 is 0 Å². The number of nitrogens with one attached hydrogen (secondary N) is 1. The Morgan fingerprint density at radius 1 is 1.07 bits per heavy atom. The fraction of sp³-hybridized carbons (Fsp3) is 0.548. The normalized spacial score (nSPS) is 25.5. The highest BCUT2D eigenvalue weighted by molar-refractivity contribution is 5.73. The zero-order chi connectivity index (χ0) is 29.9. The van der Waals surface area contributed by atoms with E-state index in [9.17, 15) is 10.1 Å². The van der Waals surface area contributed by atoms with Crippen LogP contribution in [0, 0.1) is 25.2 Å². The van der Waals surface area contributed by atoms with E-state index in [2.05, 4.69) is 34.3 Å². The van der Waals surface area contributed by atoms with E-state index in [0.717, 1.165) is 39.1 Å². The summed E-state index contributed by atoms with van der Waals surface area (Å²) in [5.74, 6) is 3.26. The van der Waals surface area contributed by atoms with Gasteiger partial charge in [-0.1, -0.05) is 6.07 Å². The van der Waals surface area contributed by atoms with Gasteiger partial charge in [-0.05, 0) is 44.9 Å². The summed E-state index contributed by atoms with van der Waals surface area (Å²) >= 11 is 0. The highest BCUT2D eigenvalue weighted by Crippen LogP contribution is 2.58. The van der Waals surface area contributed by atoms with Gasteiger partial charge in [-0.2, -0.15) is 5.26 Å². The molecule has 2 bridgehead atoms.